The zero-order valence-electron chi connectivity index (χ0n) is 18.4. The van der Waals surface area contributed by atoms with Gasteiger partial charge in [0.1, 0.15) is 12.7 Å². The third kappa shape index (κ3) is 4.63. The Balaban J connectivity index is 1.51. The number of fused-ring (bicyclic) bond motifs is 1. The van der Waals surface area contributed by atoms with E-state index in [9.17, 15) is 0 Å². The topological polar surface area (TPSA) is 30.9 Å². The molecule has 0 saturated carbocycles. The summed E-state index contributed by atoms with van der Waals surface area (Å²) in [7, 11) is 0. The highest BCUT2D eigenvalue weighted by Crippen LogP contribution is 2.40. The molecule has 3 aromatic rings. The molecule has 4 nitrogen and oxygen atoms in total. The average molecular weight is 450 g/mol. The van der Waals surface area contributed by atoms with Crippen LogP contribution >= 0.6 is 11.6 Å². The molecule has 2 aliphatic heterocycles. The summed E-state index contributed by atoms with van der Waals surface area (Å²) >= 11 is 6.44. The van der Waals surface area contributed by atoms with E-state index < -0.39 is 0 Å². The molecule has 0 N–H and O–H groups in total. The van der Waals surface area contributed by atoms with Crippen molar-refractivity contribution < 1.29 is 14.2 Å². The maximum atomic E-state index is 6.44. The van der Waals surface area contributed by atoms with Crippen molar-refractivity contribution in [2.24, 2.45) is 0 Å². The Bertz CT molecular complexity index is 1090. The fourth-order valence-corrected chi connectivity index (χ4v) is 4.66. The number of hydrogen-bond acceptors (Lipinski definition) is 4. The molecule has 0 bridgehead atoms. The highest BCUT2D eigenvalue weighted by atomic mass is 35.5. The van der Waals surface area contributed by atoms with Gasteiger partial charge in [0.15, 0.2) is 11.5 Å². The molecule has 1 fully saturated rings. The summed E-state index contributed by atoms with van der Waals surface area (Å²) in [6.45, 7) is 6.51. The molecule has 5 rings (SSSR count). The first-order valence-electron chi connectivity index (χ1n) is 11.2. The summed E-state index contributed by atoms with van der Waals surface area (Å²) < 4.78 is 18.2. The lowest BCUT2D eigenvalue weighted by molar-refractivity contribution is 0.137. The molecule has 1 atom stereocenters. The lowest BCUT2D eigenvalue weighted by atomic mass is 9.97. The molecule has 3 aromatic carbocycles. The number of aryl methyl sites for hydroxylation is 1. The van der Waals surface area contributed by atoms with E-state index in [0.717, 1.165) is 65.9 Å². The molecule has 0 spiro atoms. The molecule has 0 aromatic heterocycles. The summed E-state index contributed by atoms with van der Waals surface area (Å²) in [5, 5.41) is 0.803. The molecule has 1 saturated heterocycles. The summed E-state index contributed by atoms with van der Waals surface area (Å²) in [5.41, 5.74) is 5.88. The maximum absolute atomic E-state index is 6.44. The van der Waals surface area contributed by atoms with Crippen molar-refractivity contribution in [3.8, 4) is 22.6 Å². The molecule has 2 aliphatic rings. The first-order valence-corrected chi connectivity index (χ1v) is 11.6. The molecule has 0 unspecified atom stereocenters. The van der Waals surface area contributed by atoms with Crippen LogP contribution in [0.2, 0.25) is 5.02 Å². The Morgan fingerprint density at radius 3 is 2.72 bits per heavy atom. The summed E-state index contributed by atoms with van der Waals surface area (Å²) in [6, 6.07) is 20.9. The Labute approximate surface area is 194 Å². The molecule has 2 heterocycles. The highest BCUT2D eigenvalue weighted by molar-refractivity contribution is 6.31. The molecule has 5 heteroatoms. The zero-order valence-corrected chi connectivity index (χ0v) is 19.1. The quantitative estimate of drug-likeness (QED) is 0.486. The second-order valence-electron chi connectivity index (χ2n) is 8.53. The molecule has 0 aliphatic carbocycles. The van der Waals surface area contributed by atoms with E-state index in [4.69, 9.17) is 25.8 Å². The van der Waals surface area contributed by atoms with E-state index in [0.29, 0.717) is 13.2 Å². The predicted octanol–water partition coefficient (Wildman–Crippen LogP) is 5.88. The van der Waals surface area contributed by atoms with Crippen LogP contribution in [0.3, 0.4) is 0 Å². The maximum Gasteiger partial charge on any atom is 0.165 e. The van der Waals surface area contributed by atoms with Crippen LogP contribution in [0, 0.1) is 6.92 Å². The van der Waals surface area contributed by atoms with Crippen molar-refractivity contribution >= 4 is 11.6 Å². The van der Waals surface area contributed by atoms with Crippen LogP contribution in [0.15, 0.2) is 60.7 Å². The van der Waals surface area contributed by atoms with Crippen molar-refractivity contribution in [2.75, 3.05) is 26.4 Å². The standard InChI is InChI=1S/C27H28ClNO3/c1-19-6-2-4-8-24(19)21-14-22-17-29(16-20-7-3-5-9-25(20)28)11-13-31-27(22)26(15-21)32-23-10-12-30-18-23/h2-9,14-15,23H,10-13,16-18H2,1H3/t23-/m1/s1. The van der Waals surface area contributed by atoms with Crippen molar-refractivity contribution in [1.29, 1.82) is 0 Å². The minimum Gasteiger partial charge on any atom is -0.488 e. The number of nitrogens with zero attached hydrogens (tertiary/aromatic N) is 1. The van der Waals surface area contributed by atoms with Crippen LogP contribution in [0.4, 0.5) is 0 Å². The van der Waals surface area contributed by atoms with Gasteiger partial charge in [-0.2, -0.15) is 0 Å². The minimum atomic E-state index is 0.0669. The van der Waals surface area contributed by atoms with E-state index in [1.807, 2.05) is 18.2 Å². The molecular formula is C27H28ClNO3. The van der Waals surface area contributed by atoms with Gasteiger partial charge in [-0.25, -0.2) is 0 Å². The average Bonchev–Trinajstić information content (AvgIpc) is 3.21. The van der Waals surface area contributed by atoms with Gasteiger partial charge >= 0.3 is 0 Å². The molecule has 0 amide bonds. The number of halogens is 1. The normalized spacial score (nSPS) is 18.6. The molecule has 166 valence electrons. The largest absolute Gasteiger partial charge is 0.488 e. The van der Waals surface area contributed by atoms with Gasteiger partial charge < -0.3 is 14.2 Å². The van der Waals surface area contributed by atoms with Gasteiger partial charge in [0, 0.05) is 36.6 Å². The molecule has 32 heavy (non-hydrogen) atoms. The van der Waals surface area contributed by atoms with Gasteiger partial charge in [0.05, 0.1) is 13.2 Å². The zero-order chi connectivity index (χ0) is 21.9. The molecular weight excluding hydrogens is 422 g/mol. The lowest BCUT2D eigenvalue weighted by Gasteiger charge is -2.21. The number of hydrogen-bond donors (Lipinski definition) is 0. The van der Waals surface area contributed by atoms with Crippen molar-refractivity contribution in [3.05, 3.63) is 82.4 Å². The minimum absolute atomic E-state index is 0.0669. The Morgan fingerprint density at radius 1 is 1.06 bits per heavy atom. The van der Waals surface area contributed by atoms with Crippen LogP contribution in [0.25, 0.3) is 11.1 Å². The van der Waals surface area contributed by atoms with E-state index in [1.165, 1.54) is 11.1 Å². The van der Waals surface area contributed by atoms with Gasteiger partial charge in [-0.1, -0.05) is 54.1 Å². The van der Waals surface area contributed by atoms with E-state index in [2.05, 4.69) is 54.3 Å². The summed E-state index contributed by atoms with van der Waals surface area (Å²) in [4.78, 5) is 2.39. The van der Waals surface area contributed by atoms with Crippen LogP contribution in [0.5, 0.6) is 11.5 Å². The van der Waals surface area contributed by atoms with Gasteiger partial charge in [-0.15, -0.1) is 0 Å². The SMILES string of the molecule is Cc1ccccc1-c1cc2c(c(O[C@@H]3CCOC3)c1)OCCN(Cc1ccccc1Cl)C2. The second kappa shape index (κ2) is 9.53. The highest BCUT2D eigenvalue weighted by Gasteiger charge is 2.25. The van der Waals surface area contributed by atoms with Crippen molar-refractivity contribution in [2.45, 2.75) is 32.5 Å². The third-order valence-electron chi connectivity index (χ3n) is 6.17. The lowest BCUT2D eigenvalue weighted by Crippen LogP contribution is -2.25. The third-order valence-corrected chi connectivity index (χ3v) is 6.54. The van der Waals surface area contributed by atoms with Gasteiger partial charge in [-0.3, -0.25) is 4.90 Å². The molecule has 0 radical (unpaired) electrons. The number of rotatable bonds is 5. The van der Waals surface area contributed by atoms with E-state index in [1.54, 1.807) is 0 Å². The monoisotopic (exact) mass is 449 g/mol. The predicted molar refractivity (Wildman–Crippen MR) is 128 cm³/mol. The van der Waals surface area contributed by atoms with Gasteiger partial charge in [-0.05, 0) is 47.4 Å². The van der Waals surface area contributed by atoms with Crippen molar-refractivity contribution in [1.82, 2.24) is 4.90 Å². The Morgan fingerprint density at radius 2 is 1.91 bits per heavy atom. The summed E-state index contributed by atoms with van der Waals surface area (Å²) in [6.07, 6.45) is 0.972. The first-order chi connectivity index (χ1) is 15.7. The number of benzene rings is 3. The second-order valence-corrected chi connectivity index (χ2v) is 8.94. The van der Waals surface area contributed by atoms with Crippen LogP contribution in [-0.4, -0.2) is 37.4 Å². The Kier molecular flexibility index (Phi) is 6.35. The van der Waals surface area contributed by atoms with Crippen molar-refractivity contribution in [3.63, 3.8) is 0 Å². The van der Waals surface area contributed by atoms with E-state index >= 15 is 0 Å². The fraction of sp³-hybridized carbons (Fsp3) is 0.333. The van der Waals surface area contributed by atoms with E-state index in [-0.39, 0.29) is 6.10 Å². The summed E-state index contributed by atoms with van der Waals surface area (Å²) in [5.74, 6) is 1.67. The Hall–Kier alpha value is -2.53. The first kappa shape index (κ1) is 21.3. The smallest absolute Gasteiger partial charge is 0.165 e. The van der Waals surface area contributed by atoms with Crippen LogP contribution in [-0.2, 0) is 17.8 Å². The van der Waals surface area contributed by atoms with Crippen LogP contribution < -0.4 is 9.47 Å². The fourth-order valence-electron chi connectivity index (χ4n) is 4.47. The van der Waals surface area contributed by atoms with Gasteiger partial charge in [0.25, 0.3) is 0 Å². The number of ether oxygens (including phenoxy) is 3. The van der Waals surface area contributed by atoms with Crippen LogP contribution in [0.1, 0.15) is 23.1 Å². The van der Waals surface area contributed by atoms with Gasteiger partial charge in [0.2, 0.25) is 0 Å².